The molecule has 0 unspecified atom stereocenters. The number of carbonyl (C=O) groups excluding carboxylic acids is 2. The molecule has 114 valence electrons. The third-order valence-corrected chi connectivity index (χ3v) is 7.72. The second kappa shape index (κ2) is 4.34. The first-order valence-corrected chi connectivity index (χ1v) is 9.30. The zero-order valence-corrected chi connectivity index (χ0v) is 14.6. The maximum absolute atomic E-state index is 13.0. The fourth-order valence-corrected chi connectivity index (χ4v) is 6.01. The Bertz CT molecular complexity index is 681. The average Bonchev–Trinajstić information content (AvgIpc) is 3.28. The van der Waals surface area contributed by atoms with Gasteiger partial charge in [0.05, 0.1) is 17.5 Å². The minimum absolute atomic E-state index is 0.0195. The lowest BCUT2D eigenvalue weighted by molar-refractivity contribution is -0.129. The van der Waals surface area contributed by atoms with Gasteiger partial charge in [0, 0.05) is 3.57 Å². The summed E-state index contributed by atoms with van der Waals surface area (Å²) in [6.07, 6.45) is 3.59. The van der Waals surface area contributed by atoms with Crippen LogP contribution < -0.4 is 4.90 Å². The van der Waals surface area contributed by atoms with E-state index in [2.05, 4.69) is 22.6 Å². The van der Waals surface area contributed by atoms with Crippen LogP contribution >= 0.6 is 22.6 Å². The SMILES string of the molecule is Cc1ccc(N2C(=O)[C@@H]3[C@@H]4CC[C@@H]([C@@H]5C[C@@H]54)[C@@H]3C2=O)cc1I. The molecule has 1 aromatic carbocycles. The molecule has 2 bridgehead atoms. The third kappa shape index (κ3) is 1.57. The lowest BCUT2D eigenvalue weighted by Crippen LogP contribution is -2.43. The van der Waals surface area contributed by atoms with E-state index in [4.69, 9.17) is 0 Å². The smallest absolute Gasteiger partial charge is 0.237 e. The lowest BCUT2D eigenvalue weighted by atomic mass is 9.59. The first-order valence-electron chi connectivity index (χ1n) is 8.22. The zero-order chi connectivity index (χ0) is 15.2. The molecule has 4 saturated carbocycles. The second-order valence-electron chi connectivity index (χ2n) is 7.47. The van der Waals surface area contributed by atoms with Crippen molar-refractivity contribution in [1.29, 1.82) is 0 Å². The van der Waals surface area contributed by atoms with Gasteiger partial charge >= 0.3 is 0 Å². The van der Waals surface area contributed by atoms with E-state index < -0.39 is 0 Å². The Morgan fingerprint density at radius 2 is 1.59 bits per heavy atom. The number of amides is 2. The fraction of sp³-hybridized carbons (Fsp3) is 0.556. The van der Waals surface area contributed by atoms with Crippen LogP contribution in [0.15, 0.2) is 18.2 Å². The number of imide groups is 1. The van der Waals surface area contributed by atoms with Gasteiger partial charge in [-0.25, -0.2) is 0 Å². The highest BCUT2D eigenvalue weighted by Gasteiger charge is 2.68. The van der Waals surface area contributed by atoms with Crippen LogP contribution in [0.5, 0.6) is 0 Å². The number of carbonyl (C=O) groups is 2. The molecule has 0 N–H and O–H groups in total. The summed E-state index contributed by atoms with van der Waals surface area (Å²) in [4.78, 5) is 27.5. The molecule has 3 nitrogen and oxygen atoms in total. The molecule has 0 aromatic heterocycles. The van der Waals surface area contributed by atoms with Crippen LogP contribution in [0.1, 0.15) is 24.8 Å². The molecule has 22 heavy (non-hydrogen) atoms. The Labute approximate surface area is 143 Å². The molecule has 6 rings (SSSR count). The van der Waals surface area contributed by atoms with Crippen LogP contribution in [0, 0.1) is 46.0 Å². The number of rotatable bonds is 1. The van der Waals surface area contributed by atoms with E-state index in [1.807, 2.05) is 25.1 Å². The average molecular weight is 407 g/mol. The van der Waals surface area contributed by atoms with Crippen molar-refractivity contribution < 1.29 is 9.59 Å². The predicted molar refractivity (Wildman–Crippen MR) is 91.2 cm³/mol. The maximum atomic E-state index is 13.0. The molecule has 1 aliphatic heterocycles. The van der Waals surface area contributed by atoms with E-state index in [9.17, 15) is 9.59 Å². The normalized spacial score (nSPS) is 41.6. The molecule has 2 amide bonds. The first-order chi connectivity index (χ1) is 10.6. The van der Waals surface area contributed by atoms with Crippen LogP contribution in [-0.4, -0.2) is 11.8 Å². The van der Waals surface area contributed by atoms with E-state index >= 15 is 0 Å². The molecule has 1 heterocycles. The molecule has 1 aromatic rings. The fourth-order valence-electron chi connectivity index (χ4n) is 5.51. The van der Waals surface area contributed by atoms with E-state index in [-0.39, 0.29) is 23.7 Å². The highest BCUT2D eigenvalue weighted by molar-refractivity contribution is 14.1. The molecular weight excluding hydrogens is 389 g/mol. The van der Waals surface area contributed by atoms with Crippen molar-refractivity contribution in [3.8, 4) is 0 Å². The van der Waals surface area contributed by atoms with Gasteiger partial charge in [-0.05, 0) is 90.1 Å². The summed E-state index contributed by atoms with van der Waals surface area (Å²) in [5.41, 5.74) is 1.95. The van der Waals surface area contributed by atoms with Gasteiger partial charge in [-0.3, -0.25) is 14.5 Å². The van der Waals surface area contributed by atoms with Gasteiger partial charge in [-0.15, -0.1) is 0 Å². The Kier molecular flexibility index (Phi) is 2.67. The number of hydrogen-bond acceptors (Lipinski definition) is 2. The number of anilines is 1. The molecule has 6 atom stereocenters. The van der Waals surface area contributed by atoms with Crippen molar-refractivity contribution in [3.63, 3.8) is 0 Å². The van der Waals surface area contributed by atoms with Crippen molar-refractivity contribution in [2.45, 2.75) is 26.2 Å². The molecule has 5 aliphatic rings. The summed E-state index contributed by atoms with van der Waals surface area (Å²) in [5.74, 6) is 2.56. The maximum Gasteiger partial charge on any atom is 0.237 e. The van der Waals surface area contributed by atoms with Gasteiger partial charge < -0.3 is 0 Å². The molecule has 1 saturated heterocycles. The van der Waals surface area contributed by atoms with Crippen molar-refractivity contribution in [2.24, 2.45) is 35.5 Å². The number of hydrogen-bond donors (Lipinski definition) is 0. The van der Waals surface area contributed by atoms with Crippen molar-refractivity contribution in [3.05, 3.63) is 27.3 Å². The number of aryl methyl sites for hydroxylation is 1. The molecular formula is C18H18INO2. The number of nitrogens with zero attached hydrogens (tertiary/aromatic N) is 1. The van der Waals surface area contributed by atoms with Gasteiger partial charge in [0.1, 0.15) is 0 Å². The van der Waals surface area contributed by atoms with E-state index in [0.717, 1.165) is 33.9 Å². The standard InChI is InChI=1S/C18H18INO2/c1-8-2-3-9(6-14(8)19)20-17(21)15-10-4-5-11(13-7-12(10)13)16(15)18(20)22/h2-3,6,10-13,15-16H,4-5,7H2,1H3/t10-,11+,12-,13+,15-,16+. The largest absolute Gasteiger partial charge is 0.274 e. The molecule has 0 radical (unpaired) electrons. The summed E-state index contributed by atoms with van der Waals surface area (Å²) >= 11 is 2.27. The van der Waals surface area contributed by atoms with E-state index in [0.29, 0.717) is 11.8 Å². The monoisotopic (exact) mass is 407 g/mol. The van der Waals surface area contributed by atoms with E-state index in [1.54, 1.807) is 0 Å². The van der Waals surface area contributed by atoms with Crippen LogP contribution in [-0.2, 0) is 9.59 Å². The quantitative estimate of drug-likeness (QED) is 0.529. The summed E-state index contributed by atoms with van der Waals surface area (Å²) < 4.78 is 1.11. The van der Waals surface area contributed by atoms with Crippen molar-refractivity contribution >= 4 is 40.1 Å². The minimum atomic E-state index is -0.0195. The summed E-state index contributed by atoms with van der Waals surface area (Å²) in [7, 11) is 0. The Balaban J connectivity index is 1.57. The number of benzene rings is 1. The molecule has 4 heteroatoms. The van der Waals surface area contributed by atoms with Gasteiger partial charge in [0.15, 0.2) is 0 Å². The van der Waals surface area contributed by atoms with Crippen molar-refractivity contribution in [2.75, 3.05) is 4.90 Å². The molecule has 0 spiro atoms. The lowest BCUT2D eigenvalue weighted by Gasteiger charge is -2.42. The Morgan fingerprint density at radius 3 is 2.14 bits per heavy atom. The highest BCUT2D eigenvalue weighted by Crippen LogP contribution is 2.68. The van der Waals surface area contributed by atoms with Crippen molar-refractivity contribution in [1.82, 2.24) is 0 Å². The highest BCUT2D eigenvalue weighted by atomic mass is 127. The van der Waals surface area contributed by atoms with Crippen LogP contribution in [0.25, 0.3) is 0 Å². The van der Waals surface area contributed by atoms with Gasteiger partial charge in [-0.1, -0.05) is 6.07 Å². The summed E-state index contributed by atoms with van der Waals surface area (Å²) in [6, 6.07) is 5.91. The van der Waals surface area contributed by atoms with Crippen LogP contribution in [0.3, 0.4) is 0 Å². The van der Waals surface area contributed by atoms with Crippen LogP contribution in [0.4, 0.5) is 5.69 Å². The van der Waals surface area contributed by atoms with E-state index in [1.165, 1.54) is 16.9 Å². The number of halogens is 1. The first kappa shape index (κ1) is 13.5. The number of fused-ring (bicyclic) bond motifs is 1. The summed E-state index contributed by atoms with van der Waals surface area (Å²) in [6.45, 7) is 2.05. The molecule has 4 aliphatic carbocycles. The Morgan fingerprint density at radius 1 is 1.00 bits per heavy atom. The minimum Gasteiger partial charge on any atom is -0.274 e. The van der Waals surface area contributed by atoms with Crippen LogP contribution in [0.2, 0.25) is 0 Å². The second-order valence-corrected chi connectivity index (χ2v) is 8.63. The van der Waals surface area contributed by atoms with Gasteiger partial charge in [-0.2, -0.15) is 0 Å². The Hall–Kier alpha value is -0.910. The van der Waals surface area contributed by atoms with Gasteiger partial charge in [0.25, 0.3) is 0 Å². The predicted octanol–water partition coefficient (Wildman–Crippen LogP) is 3.38. The zero-order valence-electron chi connectivity index (χ0n) is 12.5. The molecule has 5 fully saturated rings. The topological polar surface area (TPSA) is 37.4 Å². The van der Waals surface area contributed by atoms with Gasteiger partial charge in [0.2, 0.25) is 11.8 Å². The third-order valence-electron chi connectivity index (χ3n) is 6.56. The summed E-state index contributed by atoms with van der Waals surface area (Å²) in [5, 5.41) is 0.